The van der Waals surface area contributed by atoms with Crippen molar-refractivity contribution in [2.45, 2.75) is 18.9 Å². The van der Waals surface area contributed by atoms with Crippen molar-refractivity contribution in [2.24, 2.45) is 4.99 Å². The molecular formula is C19H18N2O3. The van der Waals surface area contributed by atoms with Gasteiger partial charge in [0.15, 0.2) is 0 Å². The summed E-state index contributed by atoms with van der Waals surface area (Å²) in [5, 5.41) is 10.6. The van der Waals surface area contributed by atoms with Crippen molar-refractivity contribution in [3.8, 4) is 0 Å². The molecule has 5 nitrogen and oxygen atoms in total. The van der Waals surface area contributed by atoms with Crippen LogP contribution in [0.4, 0.5) is 0 Å². The Kier molecular flexibility index (Phi) is 4.70. The molecule has 122 valence electrons. The van der Waals surface area contributed by atoms with E-state index in [9.17, 15) is 9.59 Å². The van der Waals surface area contributed by atoms with Gasteiger partial charge in [-0.1, -0.05) is 48.5 Å². The zero-order valence-corrected chi connectivity index (χ0v) is 13.1. The largest absolute Gasteiger partial charge is 0.481 e. The Bertz CT molecular complexity index is 862. The lowest BCUT2D eigenvalue weighted by Gasteiger charge is -2.20. The molecule has 1 unspecified atom stereocenters. The summed E-state index contributed by atoms with van der Waals surface area (Å²) < 4.78 is 0. The van der Waals surface area contributed by atoms with Crippen LogP contribution < -0.4 is 10.6 Å². The normalized spacial score (nSPS) is 16.6. The van der Waals surface area contributed by atoms with E-state index in [1.807, 2.05) is 48.5 Å². The number of fused-ring (bicyclic) bond motifs is 1. The summed E-state index contributed by atoms with van der Waals surface area (Å²) in [5.41, 5.74) is 1.13. The number of carbonyl (C=O) groups is 2. The molecule has 0 saturated carbocycles. The number of nitrogens with zero attached hydrogens (tertiary/aromatic N) is 2. The topological polar surface area (TPSA) is 70.0 Å². The van der Waals surface area contributed by atoms with E-state index in [0.29, 0.717) is 18.3 Å². The summed E-state index contributed by atoms with van der Waals surface area (Å²) >= 11 is 0. The van der Waals surface area contributed by atoms with Crippen molar-refractivity contribution in [1.29, 1.82) is 0 Å². The Balaban J connectivity index is 1.92. The van der Waals surface area contributed by atoms with Gasteiger partial charge < -0.3 is 10.0 Å². The molecule has 0 fully saturated rings. The summed E-state index contributed by atoms with van der Waals surface area (Å²) in [5.74, 6) is -1.30. The Morgan fingerprint density at radius 3 is 2.54 bits per heavy atom. The number of amides is 1. The van der Waals surface area contributed by atoms with Crippen LogP contribution in [0.1, 0.15) is 12.0 Å². The molecule has 0 aromatic heterocycles. The number of hydrogen-bond donors (Lipinski definition) is 1. The van der Waals surface area contributed by atoms with Gasteiger partial charge >= 0.3 is 5.97 Å². The molecule has 1 heterocycles. The van der Waals surface area contributed by atoms with E-state index in [4.69, 9.17) is 5.11 Å². The van der Waals surface area contributed by atoms with Gasteiger partial charge in [0.1, 0.15) is 6.04 Å². The fourth-order valence-electron chi connectivity index (χ4n) is 2.73. The van der Waals surface area contributed by atoms with Gasteiger partial charge in [0.25, 0.3) is 5.91 Å². The molecule has 1 atom stereocenters. The molecule has 1 aliphatic rings. The Morgan fingerprint density at radius 1 is 1.08 bits per heavy atom. The highest BCUT2D eigenvalue weighted by Gasteiger charge is 2.26. The maximum Gasteiger partial charge on any atom is 0.306 e. The molecule has 1 amide bonds. The molecule has 3 rings (SSSR count). The number of para-hydroxylation sites is 1. The minimum absolute atomic E-state index is 0.274. The fourth-order valence-corrected chi connectivity index (χ4v) is 2.73. The van der Waals surface area contributed by atoms with Crippen molar-refractivity contribution >= 4 is 18.1 Å². The Hall–Kier alpha value is -2.95. The Labute approximate surface area is 139 Å². The first-order valence-corrected chi connectivity index (χ1v) is 7.84. The molecule has 0 bridgehead atoms. The number of rotatable bonds is 5. The van der Waals surface area contributed by atoms with Crippen molar-refractivity contribution in [3.05, 3.63) is 70.7 Å². The molecular weight excluding hydrogens is 304 g/mol. The predicted octanol–water partition coefficient (Wildman–Crippen LogP) is 0.972. The van der Waals surface area contributed by atoms with Crippen LogP contribution in [0.2, 0.25) is 0 Å². The first kappa shape index (κ1) is 15.9. The quantitative estimate of drug-likeness (QED) is 0.892. The van der Waals surface area contributed by atoms with Crippen LogP contribution in [0.25, 0.3) is 6.20 Å². The van der Waals surface area contributed by atoms with Gasteiger partial charge in [0.2, 0.25) is 0 Å². The summed E-state index contributed by atoms with van der Waals surface area (Å²) in [6, 6.07) is 16.4. The third kappa shape index (κ3) is 3.68. The second-order valence-corrected chi connectivity index (χ2v) is 5.70. The van der Waals surface area contributed by atoms with Crippen LogP contribution in [0.3, 0.4) is 0 Å². The zero-order valence-electron chi connectivity index (χ0n) is 13.1. The SMILES string of the molecule is O=C(O)CC1N=c2ccccc2=CN(CCc2ccccc2)C1=O. The van der Waals surface area contributed by atoms with E-state index in [0.717, 1.165) is 10.8 Å². The van der Waals surface area contributed by atoms with Crippen LogP contribution in [0.15, 0.2) is 59.6 Å². The molecule has 24 heavy (non-hydrogen) atoms. The zero-order chi connectivity index (χ0) is 16.9. The van der Waals surface area contributed by atoms with Gasteiger partial charge in [-0.05, 0) is 18.1 Å². The average molecular weight is 322 g/mol. The van der Waals surface area contributed by atoms with Gasteiger partial charge in [-0.3, -0.25) is 14.6 Å². The third-order valence-electron chi connectivity index (χ3n) is 3.95. The van der Waals surface area contributed by atoms with Gasteiger partial charge in [0.05, 0.1) is 11.8 Å². The molecule has 1 aliphatic heterocycles. The van der Waals surface area contributed by atoms with Crippen LogP contribution in [-0.4, -0.2) is 34.5 Å². The molecule has 2 aromatic carbocycles. The van der Waals surface area contributed by atoms with E-state index in [-0.39, 0.29) is 12.3 Å². The Morgan fingerprint density at radius 2 is 1.79 bits per heavy atom. The molecule has 0 aliphatic carbocycles. The predicted molar refractivity (Wildman–Crippen MR) is 89.6 cm³/mol. The number of carboxylic acids is 1. The lowest BCUT2D eigenvalue weighted by molar-refractivity contribution is -0.140. The maximum atomic E-state index is 12.7. The first-order chi connectivity index (χ1) is 11.6. The number of benzene rings is 2. The number of carboxylic acid groups (broad SMARTS) is 1. The third-order valence-corrected chi connectivity index (χ3v) is 3.95. The number of hydrogen-bond acceptors (Lipinski definition) is 3. The van der Waals surface area contributed by atoms with Crippen LogP contribution in [0.5, 0.6) is 0 Å². The molecule has 0 radical (unpaired) electrons. The molecule has 1 N–H and O–H groups in total. The highest BCUT2D eigenvalue weighted by atomic mass is 16.4. The summed E-state index contributed by atoms with van der Waals surface area (Å²) in [7, 11) is 0. The second-order valence-electron chi connectivity index (χ2n) is 5.70. The van der Waals surface area contributed by atoms with Crippen LogP contribution >= 0.6 is 0 Å². The first-order valence-electron chi connectivity index (χ1n) is 7.84. The van der Waals surface area contributed by atoms with E-state index in [1.165, 1.54) is 0 Å². The highest BCUT2D eigenvalue weighted by Crippen LogP contribution is 2.09. The number of carbonyl (C=O) groups excluding carboxylic acids is 1. The van der Waals surface area contributed by atoms with Crippen molar-refractivity contribution < 1.29 is 14.7 Å². The van der Waals surface area contributed by atoms with Gasteiger partial charge in [0, 0.05) is 18.0 Å². The van der Waals surface area contributed by atoms with E-state index >= 15 is 0 Å². The van der Waals surface area contributed by atoms with Crippen LogP contribution in [0, 0.1) is 0 Å². The summed E-state index contributed by atoms with van der Waals surface area (Å²) in [6.45, 7) is 0.489. The second kappa shape index (κ2) is 7.08. The van der Waals surface area contributed by atoms with Crippen molar-refractivity contribution in [2.75, 3.05) is 6.54 Å². The van der Waals surface area contributed by atoms with Crippen LogP contribution in [-0.2, 0) is 16.0 Å². The van der Waals surface area contributed by atoms with Crippen molar-refractivity contribution in [3.63, 3.8) is 0 Å². The van der Waals surface area contributed by atoms with Gasteiger partial charge in [-0.15, -0.1) is 0 Å². The minimum Gasteiger partial charge on any atom is -0.481 e. The lowest BCUT2D eigenvalue weighted by Crippen LogP contribution is -2.36. The fraction of sp³-hybridized carbons (Fsp3) is 0.211. The van der Waals surface area contributed by atoms with E-state index in [1.54, 1.807) is 17.2 Å². The molecule has 5 heteroatoms. The van der Waals surface area contributed by atoms with E-state index < -0.39 is 12.0 Å². The molecule has 0 saturated heterocycles. The monoisotopic (exact) mass is 322 g/mol. The smallest absolute Gasteiger partial charge is 0.306 e. The summed E-state index contributed by atoms with van der Waals surface area (Å²) in [4.78, 5) is 29.7. The molecule has 2 aromatic rings. The summed E-state index contributed by atoms with van der Waals surface area (Å²) in [6.07, 6.45) is 2.17. The average Bonchev–Trinajstić information content (AvgIpc) is 2.71. The highest BCUT2D eigenvalue weighted by molar-refractivity contribution is 5.89. The molecule has 0 spiro atoms. The van der Waals surface area contributed by atoms with Gasteiger partial charge in [-0.25, -0.2) is 0 Å². The van der Waals surface area contributed by atoms with E-state index in [2.05, 4.69) is 4.99 Å². The minimum atomic E-state index is -1.03. The lowest BCUT2D eigenvalue weighted by atomic mass is 10.1. The van der Waals surface area contributed by atoms with Gasteiger partial charge in [-0.2, -0.15) is 0 Å². The standard InChI is InChI=1S/C19H18N2O3/c22-18(23)12-17-19(24)21(11-10-14-6-2-1-3-7-14)13-15-8-4-5-9-16(15)20-17/h1-9,13,17H,10-12H2,(H,22,23). The van der Waals surface area contributed by atoms with Crippen molar-refractivity contribution in [1.82, 2.24) is 4.90 Å². The number of aliphatic carboxylic acids is 1. The maximum absolute atomic E-state index is 12.7.